The Morgan fingerprint density at radius 3 is 2.03 bits per heavy atom. The summed E-state index contributed by atoms with van der Waals surface area (Å²) in [5.74, 6) is 1.28. The van der Waals surface area contributed by atoms with Crippen LogP contribution in [0.3, 0.4) is 0 Å². The van der Waals surface area contributed by atoms with E-state index >= 15 is 0 Å². The highest BCUT2D eigenvalue weighted by molar-refractivity contribution is 6.38. The zero-order chi connectivity index (χ0) is 24.7. The SMILES string of the molecule is Clc1cccc(Cl)c1C=NNc1nc(N2CCOCC2)nc(N(c2ccccc2)c2ccccc2)n1. The number of halogens is 2. The van der Waals surface area contributed by atoms with E-state index in [1.54, 1.807) is 24.4 Å². The number of aromatic nitrogens is 3. The quantitative estimate of drug-likeness (QED) is 0.239. The summed E-state index contributed by atoms with van der Waals surface area (Å²) in [6.45, 7) is 2.57. The molecule has 182 valence electrons. The minimum atomic E-state index is 0.290. The van der Waals surface area contributed by atoms with Crippen LogP contribution in [0.1, 0.15) is 5.56 Å². The van der Waals surface area contributed by atoms with Crippen LogP contribution in [0.4, 0.5) is 29.2 Å². The van der Waals surface area contributed by atoms with Crippen LogP contribution >= 0.6 is 23.2 Å². The Labute approximate surface area is 219 Å². The average molecular weight is 520 g/mol. The van der Waals surface area contributed by atoms with Crippen LogP contribution in [0.25, 0.3) is 0 Å². The number of hydrazone groups is 1. The maximum atomic E-state index is 6.27. The number of benzene rings is 3. The number of hydrogen-bond donors (Lipinski definition) is 1. The molecule has 4 aromatic rings. The molecule has 2 heterocycles. The van der Waals surface area contributed by atoms with Gasteiger partial charge >= 0.3 is 0 Å². The second kappa shape index (κ2) is 11.3. The van der Waals surface area contributed by atoms with Crippen LogP contribution < -0.4 is 15.2 Å². The third-order valence-corrected chi connectivity index (χ3v) is 6.15. The van der Waals surface area contributed by atoms with E-state index < -0.39 is 0 Å². The van der Waals surface area contributed by atoms with E-state index in [9.17, 15) is 0 Å². The monoisotopic (exact) mass is 519 g/mol. The summed E-state index contributed by atoms with van der Waals surface area (Å²) in [6.07, 6.45) is 1.55. The minimum Gasteiger partial charge on any atom is -0.378 e. The van der Waals surface area contributed by atoms with E-state index in [2.05, 4.69) is 20.4 Å². The van der Waals surface area contributed by atoms with Gasteiger partial charge in [-0.05, 0) is 36.4 Å². The third kappa shape index (κ3) is 5.57. The molecule has 1 aliphatic rings. The van der Waals surface area contributed by atoms with Crippen molar-refractivity contribution in [3.05, 3.63) is 94.5 Å². The Morgan fingerprint density at radius 1 is 0.806 bits per heavy atom. The van der Waals surface area contributed by atoms with Crippen molar-refractivity contribution in [1.29, 1.82) is 0 Å². The van der Waals surface area contributed by atoms with Crippen molar-refractivity contribution in [2.45, 2.75) is 0 Å². The highest BCUT2D eigenvalue weighted by atomic mass is 35.5. The summed E-state index contributed by atoms with van der Waals surface area (Å²) in [5, 5.41) is 5.30. The summed E-state index contributed by atoms with van der Waals surface area (Å²) in [5.41, 5.74) is 5.37. The summed E-state index contributed by atoms with van der Waals surface area (Å²) >= 11 is 12.5. The second-order valence-corrected chi connectivity index (χ2v) is 8.68. The fourth-order valence-electron chi connectivity index (χ4n) is 3.73. The van der Waals surface area contributed by atoms with E-state index in [0.29, 0.717) is 53.8 Å². The third-order valence-electron chi connectivity index (χ3n) is 5.49. The molecular weight excluding hydrogens is 497 g/mol. The molecule has 3 aromatic carbocycles. The van der Waals surface area contributed by atoms with Crippen molar-refractivity contribution < 1.29 is 4.74 Å². The van der Waals surface area contributed by atoms with Gasteiger partial charge < -0.3 is 9.64 Å². The molecule has 1 fully saturated rings. The molecule has 1 saturated heterocycles. The first-order valence-electron chi connectivity index (χ1n) is 11.4. The number of nitrogens with zero attached hydrogens (tertiary/aromatic N) is 6. The number of nitrogens with one attached hydrogen (secondary N) is 1. The summed E-state index contributed by atoms with van der Waals surface area (Å²) in [6, 6.07) is 25.2. The van der Waals surface area contributed by atoms with E-state index in [1.807, 2.05) is 65.6 Å². The molecule has 0 saturated carbocycles. The van der Waals surface area contributed by atoms with E-state index in [0.717, 1.165) is 11.4 Å². The molecule has 0 bridgehead atoms. The van der Waals surface area contributed by atoms with Crippen LogP contribution in [0.15, 0.2) is 84.0 Å². The van der Waals surface area contributed by atoms with Crippen LogP contribution in [0, 0.1) is 0 Å². The lowest BCUT2D eigenvalue weighted by Gasteiger charge is -2.28. The molecule has 0 radical (unpaired) electrons. The van der Waals surface area contributed by atoms with Gasteiger partial charge in [0.2, 0.25) is 17.8 Å². The minimum absolute atomic E-state index is 0.290. The molecule has 5 rings (SSSR count). The average Bonchev–Trinajstić information content (AvgIpc) is 2.92. The van der Waals surface area contributed by atoms with E-state index in [-0.39, 0.29) is 5.95 Å². The predicted molar refractivity (Wildman–Crippen MR) is 145 cm³/mol. The van der Waals surface area contributed by atoms with E-state index in [1.165, 1.54) is 0 Å². The van der Waals surface area contributed by atoms with Gasteiger partial charge in [0, 0.05) is 30.0 Å². The van der Waals surface area contributed by atoms with Crippen LogP contribution in [0.2, 0.25) is 10.0 Å². The molecule has 0 atom stereocenters. The Bertz CT molecular complexity index is 1270. The number of rotatable bonds is 7. The van der Waals surface area contributed by atoms with Gasteiger partial charge in [-0.15, -0.1) is 0 Å². The van der Waals surface area contributed by atoms with Crippen LogP contribution in [0.5, 0.6) is 0 Å². The maximum absolute atomic E-state index is 6.27. The molecule has 0 unspecified atom stereocenters. The van der Waals surface area contributed by atoms with Crippen molar-refractivity contribution in [3.63, 3.8) is 0 Å². The molecular formula is C26H23Cl2N7O. The van der Waals surface area contributed by atoms with Gasteiger partial charge in [0.1, 0.15) is 0 Å². The maximum Gasteiger partial charge on any atom is 0.250 e. The number of hydrogen-bond acceptors (Lipinski definition) is 8. The highest BCUT2D eigenvalue weighted by Crippen LogP contribution is 2.33. The van der Waals surface area contributed by atoms with Crippen LogP contribution in [-0.4, -0.2) is 47.5 Å². The lowest BCUT2D eigenvalue weighted by Crippen LogP contribution is -2.37. The van der Waals surface area contributed by atoms with Gasteiger partial charge in [-0.1, -0.05) is 65.7 Å². The van der Waals surface area contributed by atoms with E-state index in [4.69, 9.17) is 37.9 Å². The fourth-order valence-corrected chi connectivity index (χ4v) is 4.23. The van der Waals surface area contributed by atoms with Gasteiger partial charge in [-0.3, -0.25) is 4.90 Å². The van der Waals surface area contributed by atoms with Gasteiger partial charge in [0.25, 0.3) is 0 Å². The zero-order valence-corrected chi connectivity index (χ0v) is 20.8. The van der Waals surface area contributed by atoms with Crippen molar-refractivity contribution >= 4 is 58.6 Å². The van der Waals surface area contributed by atoms with Gasteiger partial charge in [-0.25, -0.2) is 5.43 Å². The van der Waals surface area contributed by atoms with Crippen molar-refractivity contribution in [3.8, 4) is 0 Å². The molecule has 36 heavy (non-hydrogen) atoms. The lowest BCUT2D eigenvalue weighted by molar-refractivity contribution is 0.122. The summed E-state index contributed by atoms with van der Waals surface area (Å²) < 4.78 is 5.52. The smallest absolute Gasteiger partial charge is 0.250 e. The largest absolute Gasteiger partial charge is 0.378 e. The topological polar surface area (TPSA) is 78.8 Å². The molecule has 10 heteroatoms. The fraction of sp³-hybridized carbons (Fsp3) is 0.154. The first-order valence-corrected chi connectivity index (χ1v) is 12.2. The Kier molecular flexibility index (Phi) is 7.56. The first kappa shape index (κ1) is 24.0. The molecule has 0 spiro atoms. The Hall–Kier alpha value is -3.72. The second-order valence-electron chi connectivity index (χ2n) is 7.87. The lowest BCUT2D eigenvalue weighted by atomic mass is 10.2. The number of anilines is 5. The molecule has 8 nitrogen and oxygen atoms in total. The number of morpholine rings is 1. The molecule has 1 aliphatic heterocycles. The van der Waals surface area contributed by atoms with Crippen molar-refractivity contribution in [1.82, 2.24) is 15.0 Å². The van der Waals surface area contributed by atoms with Crippen molar-refractivity contribution in [2.24, 2.45) is 5.10 Å². The zero-order valence-electron chi connectivity index (χ0n) is 19.3. The highest BCUT2D eigenvalue weighted by Gasteiger charge is 2.21. The normalized spacial score (nSPS) is 13.7. The molecule has 1 aromatic heterocycles. The predicted octanol–water partition coefficient (Wildman–Crippen LogP) is 5.93. The first-order chi connectivity index (χ1) is 17.7. The molecule has 1 N–H and O–H groups in total. The Morgan fingerprint density at radius 2 is 1.42 bits per heavy atom. The van der Waals surface area contributed by atoms with Gasteiger partial charge in [0.15, 0.2) is 0 Å². The van der Waals surface area contributed by atoms with Crippen LogP contribution in [-0.2, 0) is 4.74 Å². The molecule has 0 amide bonds. The summed E-state index contributed by atoms with van der Waals surface area (Å²) in [4.78, 5) is 18.2. The number of para-hydroxylation sites is 2. The summed E-state index contributed by atoms with van der Waals surface area (Å²) in [7, 11) is 0. The molecule has 0 aliphatic carbocycles. The number of ether oxygens (including phenoxy) is 1. The standard InChI is InChI=1S/C26H23Cl2N7O/c27-22-12-7-13-23(28)21(22)18-29-33-24-30-25(34-14-16-36-17-15-34)32-26(31-24)35(19-8-3-1-4-9-19)20-10-5-2-6-11-20/h1-13,18H,14-17H2,(H,30,31,32,33). The van der Waals surface area contributed by atoms with Crippen molar-refractivity contribution in [2.75, 3.05) is 41.5 Å². The Balaban J connectivity index is 1.55. The van der Waals surface area contributed by atoms with Gasteiger partial charge in [-0.2, -0.15) is 20.1 Å². The van der Waals surface area contributed by atoms with Gasteiger partial charge in [0.05, 0.1) is 29.5 Å².